The lowest BCUT2D eigenvalue weighted by atomic mass is 10.1. The van der Waals surface area contributed by atoms with Crippen LogP contribution in [0.2, 0.25) is 0 Å². The van der Waals surface area contributed by atoms with Gasteiger partial charge in [0.25, 0.3) is 0 Å². The van der Waals surface area contributed by atoms with Crippen LogP contribution >= 0.6 is 0 Å². The zero-order valence-corrected chi connectivity index (χ0v) is 17.2. The Bertz CT molecular complexity index is 361. The maximum absolute atomic E-state index is 10.0. The molecule has 0 aromatic carbocycles. The predicted octanol–water partition coefficient (Wildman–Crippen LogP) is 3.74. The van der Waals surface area contributed by atoms with E-state index in [0.717, 1.165) is 12.8 Å². The Morgan fingerprint density at radius 1 is 0.963 bits per heavy atom. The van der Waals surface area contributed by atoms with E-state index < -0.39 is 31.0 Å². The summed E-state index contributed by atoms with van der Waals surface area (Å²) in [6.07, 6.45) is 16.6. The summed E-state index contributed by atoms with van der Waals surface area (Å²) in [5.41, 5.74) is 0. The highest BCUT2D eigenvalue weighted by atomic mass is 16.6. The number of aliphatic hydroxyl groups excluding tert-OH is 3. The quantitative estimate of drug-likeness (QED) is 0.262. The van der Waals surface area contributed by atoms with E-state index in [1.807, 2.05) is 0 Å². The minimum atomic E-state index is -1.05. The van der Waals surface area contributed by atoms with Crippen LogP contribution in [0.1, 0.15) is 84.0 Å². The summed E-state index contributed by atoms with van der Waals surface area (Å²) in [6, 6.07) is 0. The van der Waals surface area contributed by atoms with E-state index in [1.54, 1.807) is 0 Å². The highest BCUT2D eigenvalue weighted by Gasteiger charge is 2.40. The van der Waals surface area contributed by atoms with Gasteiger partial charge in [-0.15, -0.1) is 0 Å². The van der Waals surface area contributed by atoms with Crippen molar-refractivity contribution >= 4 is 0 Å². The third-order valence-electron chi connectivity index (χ3n) is 5.22. The SMILES string of the molecule is CCCCC/C=C/CCCCCCCCCO[C@@H]1CO[C@H]([C@@H](O)CO)[C@@H]1O. The summed E-state index contributed by atoms with van der Waals surface area (Å²) in [5, 5.41) is 28.5. The van der Waals surface area contributed by atoms with E-state index in [0.29, 0.717) is 6.61 Å². The first-order valence-electron chi connectivity index (χ1n) is 11.1. The van der Waals surface area contributed by atoms with Crippen molar-refractivity contribution in [3.8, 4) is 0 Å². The molecule has 1 rings (SSSR count). The van der Waals surface area contributed by atoms with E-state index in [-0.39, 0.29) is 6.61 Å². The van der Waals surface area contributed by atoms with Crippen molar-refractivity contribution in [1.29, 1.82) is 0 Å². The molecule has 0 saturated carbocycles. The molecule has 0 amide bonds. The zero-order chi connectivity index (χ0) is 19.7. The molecular weight excluding hydrogens is 344 g/mol. The number of ether oxygens (including phenoxy) is 2. The van der Waals surface area contributed by atoms with Crippen LogP contribution in [0, 0.1) is 0 Å². The lowest BCUT2D eigenvalue weighted by Gasteiger charge is -2.20. The molecule has 27 heavy (non-hydrogen) atoms. The zero-order valence-electron chi connectivity index (χ0n) is 17.2. The summed E-state index contributed by atoms with van der Waals surface area (Å²) in [6.45, 7) is 2.71. The summed E-state index contributed by atoms with van der Waals surface area (Å²) < 4.78 is 11.0. The molecule has 3 N–H and O–H groups in total. The largest absolute Gasteiger partial charge is 0.394 e. The van der Waals surface area contributed by atoms with Crippen LogP contribution in [0.15, 0.2) is 12.2 Å². The lowest BCUT2D eigenvalue weighted by molar-refractivity contribution is -0.0730. The molecule has 160 valence electrons. The first kappa shape index (κ1) is 24.6. The van der Waals surface area contributed by atoms with Gasteiger partial charge in [-0.2, -0.15) is 0 Å². The monoisotopic (exact) mass is 386 g/mol. The van der Waals surface area contributed by atoms with Gasteiger partial charge >= 0.3 is 0 Å². The number of hydrogen-bond acceptors (Lipinski definition) is 5. The predicted molar refractivity (Wildman–Crippen MR) is 109 cm³/mol. The Hall–Kier alpha value is -0.460. The molecule has 5 nitrogen and oxygen atoms in total. The third kappa shape index (κ3) is 11.2. The lowest BCUT2D eigenvalue weighted by Crippen LogP contribution is -2.41. The molecule has 5 heteroatoms. The summed E-state index contributed by atoms with van der Waals surface area (Å²) in [5.74, 6) is 0. The normalized spacial score (nSPS) is 24.1. The minimum absolute atomic E-state index is 0.274. The van der Waals surface area contributed by atoms with Gasteiger partial charge in [-0.25, -0.2) is 0 Å². The van der Waals surface area contributed by atoms with Crippen molar-refractivity contribution in [2.45, 2.75) is 108 Å². The smallest absolute Gasteiger partial charge is 0.114 e. The Morgan fingerprint density at radius 2 is 1.56 bits per heavy atom. The molecule has 0 aliphatic carbocycles. The fourth-order valence-electron chi connectivity index (χ4n) is 3.43. The van der Waals surface area contributed by atoms with Gasteiger partial charge in [0, 0.05) is 6.61 Å². The number of rotatable bonds is 17. The van der Waals surface area contributed by atoms with Crippen molar-refractivity contribution in [2.75, 3.05) is 19.8 Å². The maximum Gasteiger partial charge on any atom is 0.114 e. The first-order valence-corrected chi connectivity index (χ1v) is 11.1. The van der Waals surface area contributed by atoms with Crippen molar-refractivity contribution < 1.29 is 24.8 Å². The fraction of sp³-hybridized carbons (Fsp3) is 0.909. The highest BCUT2D eigenvalue weighted by molar-refractivity contribution is 4.88. The molecule has 0 aromatic rings. The van der Waals surface area contributed by atoms with Crippen molar-refractivity contribution in [1.82, 2.24) is 0 Å². The number of allylic oxidation sites excluding steroid dienone is 2. The average Bonchev–Trinajstić information content (AvgIpc) is 3.04. The molecule has 1 fully saturated rings. The van der Waals surface area contributed by atoms with Gasteiger partial charge in [0.15, 0.2) is 0 Å². The van der Waals surface area contributed by atoms with Gasteiger partial charge in [0.1, 0.15) is 24.4 Å². The third-order valence-corrected chi connectivity index (χ3v) is 5.22. The van der Waals surface area contributed by atoms with E-state index in [4.69, 9.17) is 14.6 Å². The molecule has 0 radical (unpaired) electrons. The van der Waals surface area contributed by atoms with Crippen molar-refractivity contribution in [3.63, 3.8) is 0 Å². The Labute approximate surface area is 165 Å². The van der Waals surface area contributed by atoms with E-state index >= 15 is 0 Å². The van der Waals surface area contributed by atoms with Gasteiger partial charge in [-0.05, 0) is 32.1 Å². The van der Waals surface area contributed by atoms with Crippen LogP contribution in [0.4, 0.5) is 0 Å². The van der Waals surface area contributed by atoms with Crippen LogP contribution < -0.4 is 0 Å². The molecular formula is C22H42O5. The van der Waals surface area contributed by atoms with Gasteiger partial charge in [0.05, 0.1) is 13.2 Å². The number of aliphatic hydroxyl groups is 3. The van der Waals surface area contributed by atoms with Crippen LogP contribution in [0.3, 0.4) is 0 Å². The second-order valence-corrected chi connectivity index (χ2v) is 7.68. The van der Waals surface area contributed by atoms with Crippen LogP contribution in [0.5, 0.6) is 0 Å². The van der Waals surface area contributed by atoms with Gasteiger partial charge in [-0.1, -0.05) is 64.0 Å². The molecule has 1 heterocycles. The molecule has 0 bridgehead atoms. The van der Waals surface area contributed by atoms with E-state index in [9.17, 15) is 10.2 Å². The molecule has 0 spiro atoms. The maximum atomic E-state index is 10.0. The minimum Gasteiger partial charge on any atom is -0.394 e. The Balaban J connectivity index is 1.86. The Kier molecular flexibility index (Phi) is 15.0. The van der Waals surface area contributed by atoms with Crippen LogP contribution in [-0.4, -0.2) is 59.6 Å². The topological polar surface area (TPSA) is 79.2 Å². The van der Waals surface area contributed by atoms with E-state index in [2.05, 4.69) is 19.1 Å². The number of unbranched alkanes of at least 4 members (excludes halogenated alkanes) is 10. The van der Waals surface area contributed by atoms with Crippen LogP contribution in [-0.2, 0) is 9.47 Å². The molecule has 1 aliphatic rings. The Morgan fingerprint density at radius 3 is 2.19 bits per heavy atom. The molecule has 1 saturated heterocycles. The number of hydrogen-bond donors (Lipinski definition) is 3. The summed E-state index contributed by atoms with van der Waals surface area (Å²) >= 11 is 0. The molecule has 0 unspecified atom stereocenters. The fourth-order valence-corrected chi connectivity index (χ4v) is 3.43. The second-order valence-electron chi connectivity index (χ2n) is 7.68. The standard InChI is InChI=1S/C22H42O5/c1-2-3-4-5-6-7-8-9-10-11-12-13-14-15-16-26-20-18-27-22(21(20)25)19(24)17-23/h6-7,19-25H,2-5,8-18H2,1H3/b7-6+/t19-,20+,21+,22+/m0/s1. The van der Waals surface area contributed by atoms with Gasteiger partial charge < -0.3 is 24.8 Å². The van der Waals surface area contributed by atoms with Crippen LogP contribution in [0.25, 0.3) is 0 Å². The van der Waals surface area contributed by atoms with E-state index in [1.165, 1.54) is 64.2 Å². The van der Waals surface area contributed by atoms with Gasteiger partial charge in [0.2, 0.25) is 0 Å². The average molecular weight is 387 g/mol. The molecule has 0 aromatic heterocycles. The summed E-state index contributed by atoms with van der Waals surface area (Å²) in [7, 11) is 0. The first-order chi connectivity index (χ1) is 13.2. The molecule has 1 aliphatic heterocycles. The molecule has 4 atom stereocenters. The highest BCUT2D eigenvalue weighted by Crippen LogP contribution is 2.20. The second kappa shape index (κ2) is 16.5. The van der Waals surface area contributed by atoms with Crippen molar-refractivity contribution in [3.05, 3.63) is 12.2 Å². The van der Waals surface area contributed by atoms with Gasteiger partial charge in [-0.3, -0.25) is 0 Å². The van der Waals surface area contributed by atoms with Crippen molar-refractivity contribution in [2.24, 2.45) is 0 Å². The summed E-state index contributed by atoms with van der Waals surface area (Å²) in [4.78, 5) is 0.